The van der Waals surface area contributed by atoms with Crippen LogP contribution in [0.5, 0.6) is 0 Å². The van der Waals surface area contributed by atoms with Crippen LogP contribution in [0.15, 0.2) is 10.3 Å². The Balaban J connectivity index is 2.42. The molecule has 9 nitrogen and oxygen atoms in total. The molecule has 1 fully saturated rings. The molecule has 0 aromatic rings. The molecule has 1 aliphatic carbocycles. The SMILES string of the molecule is NC(=O)C1=NOC2(CCCCC2[N+](=O)[O-])C1=NO. The van der Waals surface area contributed by atoms with Crippen molar-refractivity contribution in [3.63, 3.8) is 0 Å². The van der Waals surface area contributed by atoms with Crippen LogP contribution in [0, 0.1) is 10.1 Å². The number of amides is 1. The lowest BCUT2D eigenvalue weighted by Gasteiger charge is -2.32. The van der Waals surface area contributed by atoms with Gasteiger partial charge in [0.15, 0.2) is 11.4 Å². The van der Waals surface area contributed by atoms with Crippen LogP contribution < -0.4 is 5.73 Å². The summed E-state index contributed by atoms with van der Waals surface area (Å²) in [6.07, 6.45) is 1.86. The van der Waals surface area contributed by atoms with Crippen LogP contribution in [-0.4, -0.2) is 39.1 Å². The summed E-state index contributed by atoms with van der Waals surface area (Å²) < 4.78 is 0. The van der Waals surface area contributed by atoms with Gasteiger partial charge in [0.1, 0.15) is 0 Å². The van der Waals surface area contributed by atoms with Gasteiger partial charge in [-0.15, -0.1) is 0 Å². The molecule has 0 saturated heterocycles. The van der Waals surface area contributed by atoms with E-state index in [-0.39, 0.29) is 24.3 Å². The molecule has 98 valence electrons. The summed E-state index contributed by atoms with van der Waals surface area (Å²) in [6.45, 7) is 0. The molecule has 0 aromatic carbocycles. The van der Waals surface area contributed by atoms with E-state index in [1.807, 2.05) is 0 Å². The molecule has 2 unspecified atom stereocenters. The molecule has 2 atom stereocenters. The van der Waals surface area contributed by atoms with Crippen molar-refractivity contribution in [1.29, 1.82) is 0 Å². The van der Waals surface area contributed by atoms with Crippen molar-refractivity contribution in [2.45, 2.75) is 37.3 Å². The minimum Gasteiger partial charge on any atom is -0.410 e. The number of carbonyl (C=O) groups is 1. The van der Waals surface area contributed by atoms with Gasteiger partial charge in [0.2, 0.25) is 0 Å². The molecule has 0 bridgehead atoms. The van der Waals surface area contributed by atoms with Gasteiger partial charge in [-0.1, -0.05) is 10.3 Å². The second kappa shape index (κ2) is 4.24. The lowest BCUT2D eigenvalue weighted by atomic mass is 9.76. The van der Waals surface area contributed by atoms with E-state index in [9.17, 15) is 14.9 Å². The first-order valence-corrected chi connectivity index (χ1v) is 5.45. The summed E-state index contributed by atoms with van der Waals surface area (Å²) in [5, 5.41) is 26.5. The van der Waals surface area contributed by atoms with Crippen molar-refractivity contribution in [2.24, 2.45) is 16.0 Å². The molecule has 1 spiro atoms. The predicted octanol–water partition coefficient (Wildman–Crippen LogP) is -0.354. The Morgan fingerprint density at radius 3 is 2.94 bits per heavy atom. The quantitative estimate of drug-likeness (QED) is 0.394. The van der Waals surface area contributed by atoms with Crippen LogP contribution in [-0.2, 0) is 9.63 Å². The normalized spacial score (nSPS) is 33.2. The second-order valence-electron chi connectivity index (χ2n) is 4.28. The van der Waals surface area contributed by atoms with Crippen molar-refractivity contribution >= 4 is 17.3 Å². The third-order valence-electron chi connectivity index (χ3n) is 3.33. The van der Waals surface area contributed by atoms with E-state index >= 15 is 0 Å². The monoisotopic (exact) mass is 256 g/mol. The highest BCUT2D eigenvalue weighted by Crippen LogP contribution is 2.38. The molecule has 0 radical (unpaired) electrons. The number of nitrogens with two attached hydrogens (primary N) is 1. The van der Waals surface area contributed by atoms with Crippen molar-refractivity contribution in [3.8, 4) is 0 Å². The fourth-order valence-corrected chi connectivity index (χ4v) is 2.49. The van der Waals surface area contributed by atoms with E-state index in [0.717, 1.165) is 0 Å². The van der Waals surface area contributed by atoms with Crippen LogP contribution >= 0.6 is 0 Å². The molecular formula is C9H12N4O5. The van der Waals surface area contributed by atoms with E-state index < -0.39 is 22.5 Å². The third kappa shape index (κ3) is 1.59. The van der Waals surface area contributed by atoms with Crippen LogP contribution in [0.2, 0.25) is 0 Å². The first kappa shape index (κ1) is 12.3. The van der Waals surface area contributed by atoms with Gasteiger partial charge in [0.25, 0.3) is 17.6 Å². The zero-order valence-corrected chi connectivity index (χ0v) is 9.40. The summed E-state index contributed by atoms with van der Waals surface area (Å²) >= 11 is 0. The maximum absolute atomic E-state index is 11.1. The standard InChI is InChI=1S/C9H12N4O5/c10-8(14)6-7(11-15)9(18-12-6)4-2-1-3-5(9)13(16)17/h5,15H,1-4H2,(H2,10,14). The maximum atomic E-state index is 11.1. The van der Waals surface area contributed by atoms with Crippen molar-refractivity contribution in [1.82, 2.24) is 0 Å². The molecule has 1 amide bonds. The first-order chi connectivity index (χ1) is 8.53. The summed E-state index contributed by atoms with van der Waals surface area (Å²) in [5.41, 5.74) is 3.00. The molecule has 2 rings (SSSR count). The van der Waals surface area contributed by atoms with Gasteiger partial charge in [-0.25, -0.2) is 0 Å². The van der Waals surface area contributed by atoms with Crippen molar-refractivity contribution < 1.29 is 19.8 Å². The molecule has 9 heteroatoms. The van der Waals surface area contributed by atoms with E-state index in [1.165, 1.54) is 0 Å². The number of oxime groups is 2. The highest BCUT2D eigenvalue weighted by Gasteiger charge is 2.60. The predicted molar refractivity (Wildman–Crippen MR) is 58.9 cm³/mol. The zero-order valence-electron chi connectivity index (χ0n) is 9.40. The summed E-state index contributed by atoms with van der Waals surface area (Å²) in [7, 11) is 0. The average molecular weight is 256 g/mol. The van der Waals surface area contributed by atoms with Gasteiger partial charge >= 0.3 is 0 Å². The number of hydrogen-bond acceptors (Lipinski definition) is 7. The molecular weight excluding hydrogens is 244 g/mol. The van der Waals surface area contributed by atoms with Gasteiger partial charge in [0.05, 0.1) is 0 Å². The molecule has 0 aromatic heterocycles. The average Bonchev–Trinajstić information content (AvgIpc) is 2.68. The maximum Gasteiger partial charge on any atom is 0.272 e. The van der Waals surface area contributed by atoms with E-state index in [2.05, 4.69) is 10.3 Å². The highest BCUT2D eigenvalue weighted by molar-refractivity contribution is 6.68. The van der Waals surface area contributed by atoms with E-state index in [1.54, 1.807) is 0 Å². The van der Waals surface area contributed by atoms with Crippen LogP contribution in [0.3, 0.4) is 0 Å². The number of hydrogen-bond donors (Lipinski definition) is 2. The minimum absolute atomic E-state index is 0.239. The van der Waals surface area contributed by atoms with Crippen LogP contribution in [0.4, 0.5) is 0 Å². The van der Waals surface area contributed by atoms with Crippen LogP contribution in [0.1, 0.15) is 25.7 Å². The summed E-state index contributed by atoms with van der Waals surface area (Å²) in [6, 6.07) is -1.10. The van der Waals surface area contributed by atoms with Crippen molar-refractivity contribution in [2.75, 3.05) is 0 Å². The van der Waals surface area contributed by atoms with Gasteiger partial charge in [0, 0.05) is 17.8 Å². The largest absolute Gasteiger partial charge is 0.410 e. The molecule has 1 aliphatic heterocycles. The van der Waals surface area contributed by atoms with Gasteiger partial charge < -0.3 is 15.8 Å². The smallest absolute Gasteiger partial charge is 0.272 e. The number of carbonyl (C=O) groups excluding carboxylic acids is 1. The van der Waals surface area contributed by atoms with Gasteiger partial charge in [-0.2, -0.15) is 0 Å². The van der Waals surface area contributed by atoms with Gasteiger partial charge in [-0.3, -0.25) is 14.9 Å². The fourth-order valence-electron chi connectivity index (χ4n) is 2.49. The number of nitrogens with zero attached hydrogens (tertiary/aromatic N) is 3. The van der Waals surface area contributed by atoms with Crippen LogP contribution in [0.25, 0.3) is 0 Å². The molecule has 2 aliphatic rings. The first-order valence-electron chi connectivity index (χ1n) is 5.45. The minimum atomic E-state index is -1.47. The zero-order chi connectivity index (χ0) is 13.3. The Kier molecular flexibility index (Phi) is 2.89. The second-order valence-corrected chi connectivity index (χ2v) is 4.28. The third-order valence-corrected chi connectivity index (χ3v) is 3.33. The molecule has 18 heavy (non-hydrogen) atoms. The van der Waals surface area contributed by atoms with E-state index in [0.29, 0.717) is 12.8 Å². The summed E-state index contributed by atoms with van der Waals surface area (Å²) in [4.78, 5) is 26.8. The number of rotatable bonds is 2. The molecule has 1 heterocycles. The fraction of sp³-hybridized carbons (Fsp3) is 0.667. The molecule has 3 N–H and O–H groups in total. The topological polar surface area (TPSA) is 140 Å². The Morgan fingerprint density at radius 1 is 1.67 bits per heavy atom. The number of nitro groups is 1. The number of primary amides is 1. The van der Waals surface area contributed by atoms with Gasteiger partial charge in [-0.05, 0) is 12.8 Å². The lowest BCUT2D eigenvalue weighted by Crippen LogP contribution is -2.56. The Morgan fingerprint density at radius 2 is 2.39 bits per heavy atom. The Hall–Kier alpha value is -2.19. The van der Waals surface area contributed by atoms with E-state index in [4.69, 9.17) is 15.8 Å². The summed E-state index contributed by atoms with van der Waals surface area (Å²) in [5.74, 6) is -0.938. The lowest BCUT2D eigenvalue weighted by molar-refractivity contribution is -0.544. The molecule has 1 saturated carbocycles. The Labute approximate surface area is 101 Å². The Bertz CT molecular complexity index is 460. The van der Waals surface area contributed by atoms with Crippen molar-refractivity contribution in [3.05, 3.63) is 10.1 Å². The highest BCUT2D eigenvalue weighted by atomic mass is 16.7.